The Morgan fingerprint density at radius 2 is 1.86 bits per heavy atom. The van der Waals surface area contributed by atoms with Gasteiger partial charge in [-0.2, -0.15) is 0 Å². The van der Waals surface area contributed by atoms with Crippen LogP contribution in [0.2, 0.25) is 0 Å². The summed E-state index contributed by atoms with van der Waals surface area (Å²) in [6.07, 6.45) is -0.0978. The molecule has 0 saturated heterocycles. The topological polar surface area (TPSA) is 55.8 Å². The van der Waals surface area contributed by atoms with Crippen molar-refractivity contribution in [2.75, 3.05) is 27.8 Å². The van der Waals surface area contributed by atoms with Gasteiger partial charge in [0, 0.05) is 20.0 Å². The molecule has 0 aromatic heterocycles. The van der Waals surface area contributed by atoms with E-state index >= 15 is 0 Å². The van der Waals surface area contributed by atoms with Crippen molar-refractivity contribution in [1.82, 2.24) is 4.90 Å². The van der Waals surface area contributed by atoms with Gasteiger partial charge in [0.05, 0.1) is 14.2 Å². The highest BCUT2D eigenvalue weighted by Gasteiger charge is 2.15. The molecule has 1 atom stereocenters. The molecule has 1 amide bonds. The van der Waals surface area contributed by atoms with Crippen LogP contribution in [-0.4, -0.2) is 44.8 Å². The van der Waals surface area contributed by atoms with Crippen molar-refractivity contribution in [3.05, 3.63) is 0 Å². The van der Waals surface area contributed by atoms with Crippen LogP contribution < -0.4 is 0 Å². The van der Waals surface area contributed by atoms with Gasteiger partial charge in [0.2, 0.25) is 0 Å². The number of hydrogen-bond donors (Lipinski definition) is 0. The first-order valence-corrected chi connectivity index (χ1v) is 4.37. The number of esters is 1. The zero-order chi connectivity index (χ0) is 11.1. The fourth-order valence-electron chi connectivity index (χ4n) is 1.13. The van der Waals surface area contributed by atoms with Gasteiger partial charge in [-0.15, -0.1) is 0 Å². The Morgan fingerprint density at radius 1 is 1.29 bits per heavy atom. The number of ether oxygens (including phenoxy) is 2. The highest BCUT2D eigenvalue weighted by atomic mass is 16.5. The van der Waals surface area contributed by atoms with Crippen molar-refractivity contribution >= 4 is 12.1 Å². The molecule has 0 rings (SSSR count). The predicted molar refractivity (Wildman–Crippen MR) is 50.8 cm³/mol. The second kappa shape index (κ2) is 6.23. The molecule has 0 aromatic carbocycles. The molecular weight excluding hydrogens is 186 g/mol. The van der Waals surface area contributed by atoms with E-state index in [9.17, 15) is 9.59 Å². The van der Waals surface area contributed by atoms with E-state index in [1.807, 2.05) is 6.92 Å². The monoisotopic (exact) mass is 203 g/mol. The molecule has 82 valence electrons. The minimum absolute atomic E-state index is 0.0616. The van der Waals surface area contributed by atoms with Gasteiger partial charge >= 0.3 is 12.1 Å². The van der Waals surface area contributed by atoms with Gasteiger partial charge in [-0.3, -0.25) is 4.79 Å². The Kier molecular flexibility index (Phi) is 5.67. The molecule has 14 heavy (non-hydrogen) atoms. The lowest BCUT2D eigenvalue weighted by Crippen LogP contribution is -2.31. The Bertz CT molecular complexity index is 205. The first-order chi connectivity index (χ1) is 6.51. The summed E-state index contributed by atoms with van der Waals surface area (Å²) in [7, 11) is 4.29. The number of carbonyl (C=O) groups is 2. The van der Waals surface area contributed by atoms with Gasteiger partial charge in [0.15, 0.2) is 0 Å². The Hall–Kier alpha value is -1.26. The van der Waals surface area contributed by atoms with Crippen LogP contribution in [0.15, 0.2) is 0 Å². The molecule has 1 unspecified atom stereocenters. The first kappa shape index (κ1) is 12.7. The first-order valence-electron chi connectivity index (χ1n) is 4.37. The van der Waals surface area contributed by atoms with Crippen molar-refractivity contribution in [1.29, 1.82) is 0 Å². The summed E-state index contributed by atoms with van der Waals surface area (Å²) in [4.78, 5) is 23.3. The van der Waals surface area contributed by atoms with Gasteiger partial charge in [-0.1, -0.05) is 6.92 Å². The summed E-state index contributed by atoms with van der Waals surface area (Å²) in [5, 5.41) is 0. The molecule has 0 aliphatic rings. The van der Waals surface area contributed by atoms with Crippen LogP contribution in [0, 0.1) is 5.92 Å². The molecule has 0 spiro atoms. The molecule has 5 nitrogen and oxygen atoms in total. The number of methoxy groups -OCH3 is 2. The SMILES string of the molecule is COC(=O)CC(C)CN(C)C(=O)OC. The smallest absolute Gasteiger partial charge is 0.409 e. The van der Waals surface area contributed by atoms with E-state index in [2.05, 4.69) is 9.47 Å². The lowest BCUT2D eigenvalue weighted by molar-refractivity contribution is -0.141. The molecule has 0 fully saturated rings. The summed E-state index contributed by atoms with van der Waals surface area (Å²) >= 11 is 0. The Labute approximate surface area is 84.0 Å². The van der Waals surface area contributed by atoms with Crippen molar-refractivity contribution in [2.45, 2.75) is 13.3 Å². The molecule has 5 heteroatoms. The van der Waals surface area contributed by atoms with Crippen LogP contribution in [-0.2, 0) is 14.3 Å². The second-order valence-electron chi connectivity index (χ2n) is 3.24. The zero-order valence-electron chi connectivity index (χ0n) is 9.07. The van der Waals surface area contributed by atoms with E-state index in [0.29, 0.717) is 13.0 Å². The number of nitrogens with zero attached hydrogens (tertiary/aromatic N) is 1. The van der Waals surface area contributed by atoms with Crippen LogP contribution in [0.5, 0.6) is 0 Å². The lowest BCUT2D eigenvalue weighted by atomic mass is 10.1. The summed E-state index contributed by atoms with van der Waals surface area (Å²) in [6.45, 7) is 2.35. The molecule has 0 N–H and O–H groups in total. The van der Waals surface area contributed by atoms with Crippen LogP contribution in [0.4, 0.5) is 4.79 Å². The van der Waals surface area contributed by atoms with Gasteiger partial charge in [-0.25, -0.2) is 4.79 Å². The van der Waals surface area contributed by atoms with Crippen molar-refractivity contribution in [3.63, 3.8) is 0 Å². The number of rotatable bonds is 4. The molecule has 0 heterocycles. The third-order valence-electron chi connectivity index (χ3n) is 1.81. The number of amides is 1. The molecule has 0 radical (unpaired) electrons. The van der Waals surface area contributed by atoms with E-state index in [1.165, 1.54) is 19.1 Å². The summed E-state index contributed by atoms with van der Waals surface area (Å²) in [5.74, 6) is -0.206. The maximum atomic E-state index is 11.0. The highest BCUT2D eigenvalue weighted by Crippen LogP contribution is 2.05. The standard InChI is InChI=1S/C9H17NO4/c1-7(5-8(11)13-3)6-10(2)9(12)14-4/h7H,5-6H2,1-4H3. The quantitative estimate of drug-likeness (QED) is 0.636. The Balaban J connectivity index is 3.87. The average Bonchev–Trinajstić information content (AvgIpc) is 2.15. The van der Waals surface area contributed by atoms with Gasteiger partial charge in [-0.05, 0) is 5.92 Å². The fraction of sp³-hybridized carbons (Fsp3) is 0.778. The second-order valence-corrected chi connectivity index (χ2v) is 3.24. The van der Waals surface area contributed by atoms with E-state index in [0.717, 1.165) is 0 Å². The zero-order valence-corrected chi connectivity index (χ0v) is 9.07. The highest BCUT2D eigenvalue weighted by molar-refractivity contribution is 5.70. The molecule has 0 aliphatic carbocycles. The summed E-state index contributed by atoms with van der Waals surface area (Å²) in [5.41, 5.74) is 0. The van der Waals surface area contributed by atoms with Crippen LogP contribution in [0.1, 0.15) is 13.3 Å². The van der Waals surface area contributed by atoms with Crippen molar-refractivity contribution < 1.29 is 19.1 Å². The number of carbonyl (C=O) groups excluding carboxylic acids is 2. The van der Waals surface area contributed by atoms with E-state index < -0.39 is 6.09 Å². The van der Waals surface area contributed by atoms with Crippen molar-refractivity contribution in [2.24, 2.45) is 5.92 Å². The van der Waals surface area contributed by atoms with E-state index in [4.69, 9.17) is 0 Å². The van der Waals surface area contributed by atoms with Crippen LogP contribution in [0.25, 0.3) is 0 Å². The van der Waals surface area contributed by atoms with Crippen LogP contribution >= 0.6 is 0 Å². The maximum absolute atomic E-state index is 11.0. The molecule has 0 bridgehead atoms. The minimum atomic E-state index is -0.401. The van der Waals surface area contributed by atoms with Gasteiger partial charge in [0.25, 0.3) is 0 Å². The van der Waals surface area contributed by atoms with Gasteiger partial charge < -0.3 is 14.4 Å². The van der Waals surface area contributed by atoms with E-state index in [-0.39, 0.29) is 11.9 Å². The third kappa shape index (κ3) is 4.69. The number of hydrogen-bond acceptors (Lipinski definition) is 4. The Morgan fingerprint density at radius 3 is 2.29 bits per heavy atom. The minimum Gasteiger partial charge on any atom is -0.469 e. The van der Waals surface area contributed by atoms with Crippen molar-refractivity contribution in [3.8, 4) is 0 Å². The molecule has 0 aliphatic heterocycles. The lowest BCUT2D eigenvalue weighted by Gasteiger charge is -2.19. The maximum Gasteiger partial charge on any atom is 0.409 e. The summed E-state index contributed by atoms with van der Waals surface area (Å²) < 4.78 is 9.03. The normalized spacial score (nSPS) is 11.7. The van der Waals surface area contributed by atoms with E-state index in [1.54, 1.807) is 7.05 Å². The van der Waals surface area contributed by atoms with Gasteiger partial charge in [0.1, 0.15) is 0 Å². The largest absolute Gasteiger partial charge is 0.469 e. The average molecular weight is 203 g/mol. The third-order valence-corrected chi connectivity index (χ3v) is 1.81. The fourth-order valence-corrected chi connectivity index (χ4v) is 1.13. The molecule has 0 saturated carbocycles. The predicted octanol–water partition coefficient (Wildman–Crippen LogP) is 0.884. The molecule has 0 aromatic rings. The summed E-state index contributed by atoms with van der Waals surface area (Å²) in [6, 6.07) is 0. The van der Waals surface area contributed by atoms with Crippen LogP contribution in [0.3, 0.4) is 0 Å². The molecular formula is C9H17NO4.